The van der Waals surface area contributed by atoms with Gasteiger partial charge >= 0.3 is 0 Å². The van der Waals surface area contributed by atoms with Crippen LogP contribution in [-0.2, 0) is 6.54 Å². The highest BCUT2D eigenvalue weighted by Crippen LogP contribution is 2.21. The van der Waals surface area contributed by atoms with Gasteiger partial charge in [-0.25, -0.2) is 4.98 Å². The van der Waals surface area contributed by atoms with Crippen LogP contribution in [-0.4, -0.2) is 16.0 Å². The number of nitrogen functional groups attached to an aromatic ring is 1. The predicted molar refractivity (Wildman–Crippen MR) is 76.8 cm³/mol. The summed E-state index contributed by atoms with van der Waals surface area (Å²) in [6.45, 7) is 7.10. The molecule has 0 unspecified atom stereocenters. The van der Waals surface area contributed by atoms with E-state index in [1.807, 2.05) is 13.0 Å². The van der Waals surface area contributed by atoms with Crippen molar-refractivity contribution < 1.29 is 0 Å². The zero-order valence-electron chi connectivity index (χ0n) is 10.9. The first-order chi connectivity index (χ1) is 8.56. The molecule has 0 aliphatic rings. The van der Waals surface area contributed by atoms with E-state index in [-0.39, 0.29) is 0 Å². The molecule has 2 aromatic heterocycles. The summed E-state index contributed by atoms with van der Waals surface area (Å²) in [6.07, 6.45) is 0. The fraction of sp³-hybridized carbons (Fsp3) is 0.385. The smallest absolute Gasteiger partial charge is 0.222 e. The molecular formula is C13H18N4S. The van der Waals surface area contributed by atoms with Gasteiger partial charge in [-0.05, 0) is 32.2 Å². The average Bonchev–Trinajstić information content (AvgIpc) is 2.76. The lowest BCUT2D eigenvalue weighted by molar-refractivity contribution is 0.676. The highest BCUT2D eigenvalue weighted by atomic mass is 32.1. The van der Waals surface area contributed by atoms with Crippen molar-refractivity contribution in [1.29, 1.82) is 0 Å². The summed E-state index contributed by atoms with van der Waals surface area (Å²) in [5.74, 6) is 1.23. The van der Waals surface area contributed by atoms with E-state index in [1.165, 1.54) is 4.88 Å². The number of anilines is 2. The van der Waals surface area contributed by atoms with E-state index in [2.05, 4.69) is 46.2 Å². The number of rotatable bonds is 4. The number of hydrogen-bond acceptors (Lipinski definition) is 5. The van der Waals surface area contributed by atoms with E-state index in [0.717, 1.165) is 18.1 Å². The van der Waals surface area contributed by atoms with Gasteiger partial charge in [0.25, 0.3) is 0 Å². The van der Waals surface area contributed by atoms with Crippen molar-refractivity contribution in [2.75, 3.05) is 10.6 Å². The van der Waals surface area contributed by atoms with Gasteiger partial charge in [-0.15, -0.1) is 11.3 Å². The molecular weight excluding hydrogens is 244 g/mol. The van der Waals surface area contributed by atoms with Crippen LogP contribution in [0.5, 0.6) is 0 Å². The Morgan fingerprint density at radius 1 is 1.39 bits per heavy atom. The maximum atomic E-state index is 5.72. The molecule has 0 bridgehead atoms. The van der Waals surface area contributed by atoms with Crippen LogP contribution in [0.1, 0.15) is 24.4 Å². The van der Waals surface area contributed by atoms with Crippen LogP contribution >= 0.6 is 11.3 Å². The monoisotopic (exact) mass is 262 g/mol. The third kappa shape index (κ3) is 2.98. The first-order valence-corrected chi connectivity index (χ1v) is 6.84. The molecule has 0 saturated heterocycles. The molecule has 0 spiro atoms. The van der Waals surface area contributed by atoms with Crippen molar-refractivity contribution in [1.82, 2.24) is 9.97 Å². The maximum Gasteiger partial charge on any atom is 0.222 e. The Bertz CT molecular complexity index is 487. The van der Waals surface area contributed by atoms with Crippen LogP contribution in [0.4, 0.5) is 11.8 Å². The molecule has 0 atom stereocenters. The molecule has 4 nitrogen and oxygen atoms in total. The Morgan fingerprint density at radius 2 is 2.17 bits per heavy atom. The summed E-state index contributed by atoms with van der Waals surface area (Å²) in [5, 5.41) is 2.09. The average molecular weight is 262 g/mol. The summed E-state index contributed by atoms with van der Waals surface area (Å²) in [5.41, 5.74) is 6.62. The second-order valence-corrected chi connectivity index (χ2v) is 5.56. The van der Waals surface area contributed by atoms with Gasteiger partial charge in [-0.3, -0.25) is 0 Å². The predicted octanol–water partition coefficient (Wildman–Crippen LogP) is 2.84. The molecule has 18 heavy (non-hydrogen) atoms. The molecule has 2 N–H and O–H groups in total. The highest BCUT2D eigenvalue weighted by Gasteiger charge is 2.14. The van der Waals surface area contributed by atoms with Crippen LogP contribution < -0.4 is 10.6 Å². The SMILES string of the molecule is Cc1cc(N(Cc2cccs2)C(C)C)nc(N)n1. The lowest BCUT2D eigenvalue weighted by atomic mass is 10.3. The van der Waals surface area contributed by atoms with Crippen molar-refractivity contribution >= 4 is 23.1 Å². The number of aryl methyl sites for hydroxylation is 1. The van der Waals surface area contributed by atoms with Gasteiger partial charge in [-0.2, -0.15) is 4.98 Å². The third-order valence-electron chi connectivity index (χ3n) is 2.68. The van der Waals surface area contributed by atoms with E-state index >= 15 is 0 Å². The van der Waals surface area contributed by atoms with E-state index in [0.29, 0.717) is 12.0 Å². The van der Waals surface area contributed by atoms with Gasteiger partial charge in [0.1, 0.15) is 5.82 Å². The molecule has 0 aliphatic heterocycles. The molecule has 0 fully saturated rings. The minimum atomic E-state index is 0.335. The zero-order valence-corrected chi connectivity index (χ0v) is 11.7. The second kappa shape index (κ2) is 5.35. The lowest BCUT2D eigenvalue weighted by Gasteiger charge is -2.27. The normalized spacial score (nSPS) is 10.9. The molecule has 2 aromatic rings. The number of thiophene rings is 1. The highest BCUT2D eigenvalue weighted by molar-refractivity contribution is 7.09. The fourth-order valence-corrected chi connectivity index (χ4v) is 2.52. The quantitative estimate of drug-likeness (QED) is 0.920. The Hall–Kier alpha value is -1.62. The van der Waals surface area contributed by atoms with Crippen LogP contribution in [0, 0.1) is 6.92 Å². The molecule has 0 aliphatic carbocycles. The molecule has 96 valence electrons. The van der Waals surface area contributed by atoms with E-state index < -0.39 is 0 Å². The lowest BCUT2D eigenvalue weighted by Crippen LogP contribution is -2.31. The minimum absolute atomic E-state index is 0.335. The summed E-state index contributed by atoms with van der Waals surface area (Å²) in [6, 6.07) is 6.54. The van der Waals surface area contributed by atoms with Crippen LogP contribution in [0.15, 0.2) is 23.6 Å². The van der Waals surface area contributed by atoms with Crippen molar-refractivity contribution in [2.45, 2.75) is 33.4 Å². The number of aromatic nitrogens is 2. The first-order valence-electron chi connectivity index (χ1n) is 5.96. The molecule has 0 amide bonds. The molecule has 0 saturated carbocycles. The largest absolute Gasteiger partial charge is 0.368 e. The summed E-state index contributed by atoms with van der Waals surface area (Å²) in [4.78, 5) is 12.0. The molecule has 0 aromatic carbocycles. The number of hydrogen-bond donors (Lipinski definition) is 1. The summed E-state index contributed by atoms with van der Waals surface area (Å²) < 4.78 is 0. The van der Waals surface area contributed by atoms with Gasteiger partial charge in [0.05, 0.1) is 6.54 Å². The van der Waals surface area contributed by atoms with Gasteiger partial charge < -0.3 is 10.6 Å². The van der Waals surface area contributed by atoms with Crippen molar-refractivity contribution in [3.05, 3.63) is 34.2 Å². The molecule has 0 radical (unpaired) electrons. The standard InChI is InChI=1S/C13H18N4S/c1-9(2)17(8-11-5-4-6-18-11)12-7-10(3)15-13(14)16-12/h4-7,9H,8H2,1-3H3,(H2,14,15,16). The molecule has 2 heterocycles. The Labute approximate surface area is 111 Å². The summed E-state index contributed by atoms with van der Waals surface area (Å²) in [7, 11) is 0. The first kappa shape index (κ1) is 12.8. The summed E-state index contributed by atoms with van der Waals surface area (Å²) >= 11 is 1.76. The topological polar surface area (TPSA) is 55.0 Å². The third-order valence-corrected chi connectivity index (χ3v) is 3.54. The van der Waals surface area contributed by atoms with Gasteiger partial charge in [0.15, 0.2) is 0 Å². The zero-order chi connectivity index (χ0) is 13.1. The van der Waals surface area contributed by atoms with Gasteiger partial charge in [-0.1, -0.05) is 6.07 Å². The molecule has 2 rings (SSSR count). The van der Waals surface area contributed by atoms with Gasteiger partial charge in [0.2, 0.25) is 5.95 Å². The maximum absolute atomic E-state index is 5.72. The van der Waals surface area contributed by atoms with Crippen LogP contribution in [0.25, 0.3) is 0 Å². The van der Waals surface area contributed by atoms with Crippen molar-refractivity contribution in [3.8, 4) is 0 Å². The Morgan fingerprint density at radius 3 is 2.72 bits per heavy atom. The second-order valence-electron chi connectivity index (χ2n) is 4.53. The van der Waals surface area contributed by atoms with Crippen LogP contribution in [0.3, 0.4) is 0 Å². The van der Waals surface area contributed by atoms with Gasteiger partial charge in [0, 0.05) is 22.7 Å². The van der Waals surface area contributed by atoms with E-state index in [4.69, 9.17) is 5.73 Å². The molecule has 5 heteroatoms. The fourth-order valence-electron chi connectivity index (χ4n) is 1.82. The Balaban J connectivity index is 2.29. The van der Waals surface area contributed by atoms with E-state index in [1.54, 1.807) is 11.3 Å². The number of nitrogens with zero attached hydrogens (tertiary/aromatic N) is 3. The number of nitrogens with two attached hydrogens (primary N) is 1. The van der Waals surface area contributed by atoms with E-state index in [9.17, 15) is 0 Å². The van der Waals surface area contributed by atoms with Crippen molar-refractivity contribution in [2.24, 2.45) is 0 Å². The minimum Gasteiger partial charge on any atom is -0.368 e. The Kier molecular flexibility index (Phi) is 3.81. The van der Waals surface area contributed by atoms with Crippen LogP contribution in [0.2, 0.25) is 0 Å². The van der Waals surface area contributed by atoms with Crippen molar-refractivity contribution in [3.63, 3.8) is 0 Å².